The summed E-state index contributed by atoms with van der Waals surface area (Å²) in [5.41, 5.74) is 2.59. The number of rotatable bonds is 1. The van der Waals surface area contributed by atoms with Gasteiger partial charge in [0.05, 0.1) is 6.10 Å². The van der Waals surface area contributed by atoms with E-state index in [4.69, 9.17) is 0 Å². The largest absolute Gasteiger partial charge is 0.392 e. The highest BCUT2D eigenvalue weighted by Gasteiger charge is 2.26. The molecule has 13 heavy (non-hydrogen) atoms. The van der Waals surface area contributed by atoms with Crippen molar-refractivity contribution in [2.24, 2.45) is 0 Å². The maximum atomic E-state index is 9.71. The van der Waals surface area contributed by atoms with Crippen molar-refractivity contribution in [1.82, 2.24) is 0 Å². The van der Waals surface area contributed by atoms with Crippen LogP contribution in [0.15, 0.2) is 24.3 Å². The van der Waals surface area contributed by atoms with Crippen LogP contribution in [-0.2, 0) is 0 Å². The summed E-state index contributed by atoms with van der Waals surface area (Å²) in [6, 6.07) is 8.55. The van der Waals surface area contributed by atoms with Crippen LogP contribution >= 0.6 is 0 Å². The van der Waals surface area contributed by atoms with Crippen LogP contribution in [-0.4, -0.2) is 11.2 Å². The molecule has 1 N–H and O–H groups in total. The SMILES string of the molecule is Cc1ccc([C@H]2CCC[C@H]2O)cc1. The van der Waals surface area contributed by atoms with Gasteiger partial charge in [0, 0.05) is 5.92 Å². The molecule has 0 unspecified atom stereocenters. The molecule has 1 heteroatoms. The first kappa shape index (κ1) is 8.76. The maximum Gasteiger partial charge on any atom is 0.0608 e. The summed E-state index contributed by atoms with van der Waals surface area (Å²) >= 11 is 0. The molecule has 0 spiro atoms. The predicted octanol–water partition coefficient (Wildman–Crippen LogP) is 2.62. The Morgan fingerprint density at radius 3 is 2.38 bits per heavy atom. The zero-order valence-corrected chi connectivity index (χ0v) is 8.03. The standard InChI is InChI=1S/C12H16O/c1-9-5-7-10(8-6-9)11-3-2-4-12(11)13/h5-8,11-13H,2-4H2,1H3/t11-,12-/m1/s1. The van der Waals surface area contributed by atoms with Gasteiger partial charge in [0.15, 0.2) is 0 Å². The summed E-state index contributed by atoms with van der Waals surface area (Å²) < 4.78 is 0. The quantitative estimate of drug-likeness (QED) is 0.697. The molecule has 0 saturated heterocycles. The van der Waals surface area contributed by atoms with Gasteiger partial charge >= 0.3 is 0 Å². The summed E-state index contributed by atoms with van der Waals surface area (Å²) in [6.45, 7) is 2.09. The van der Waals surface area contributed by atoms with E-state index in [0.29, 0.717) is 5.92 Å². The summed E-state index contributed by atoms with van der Waals surface area (Å²) in [7, 11) is 0. The van der Waals surface area contributed by atoms with E-state index >= 15 is 0 Å². The van der Waals surface area contributed by atoms with Crippen molar-refractivity contribution >= 4 is 0 Å². The summed E-state index contributed by atoms with van der Waals surface area (Å²) in [6.07, 6.45) is 3.17. The van der Waals surface area contributed by atoms with E-state index in [1.54, 1.807) is 0 Å². The lowest BCUT2D eigenvalue weighted by atomic mass is 9.95. The van der Waals surface area contributed by atoms with Crippen molar-refractivity contribution in [2.75, 3.05) is 0 Å². The third kappa shape index (κ3) is 1.75. The molecule has 1 aliphatic carbocycles. The van der Waals surface area contributed by atoms with Gasteiger partial charge in [-0.05, 0) is 25.3 Å². The molecular weight excluding hydrogens is 160 g/mol. The van der Waals surface area contributed by atoms with Crippen molar-refractivity contribution in [3.05, 3.63) is 35.4 Å². The van der Waals surface area contributed by atoms with E-state index in [1.807, 2.05) is 0 Å². The zero-order chi connectivity index (χ0) is 9.26. The van der Waals surface area contributed by atoms with E-state index in [2.05, 4.69) is 31.2 Å². The van der Waals surface area contributed by atoms with Crippen LogP contribution in [0.25, 0.3) is 0 Å². The van der Waals surface area contributed by atoms with Crippen LogP contribution in [0, 0.1) is 6.92 Å². The average Bonchev–Trinajstić information content (AvgIpc) is 2.53. The van der Waals surface area contributed by atoms with E-state index in [9.17, 15) is 5.11 Å². The minimum atomic E-state index is -0.109. The fourth-order valence-corrected chi connectivity index (χ4v) is 2.14. The lowest BCUT2D eigenvalue weighted by Crippen LogP contribution is -2.10. The molecule has 0 aromatic heterocycles. The molecule has 2 atom stereocenters. The highest BCUT2D eigenvalue weighted by Crippen LogP contribution is 2.34. The van der Waals surface area contributed by atoms with E-state index in [0.717, 1.165) is 12.8 Å². The summed E-state index contributed by atoms with van der Waals surface area (Å²) in [4.78, 5) is 0. The number of hydrogen-bond donors (Lipinski definition) is 1. The molecule has 1 nitrogen and oxygen atoms in total. The molecule has 1 fully saturated rings. The average molecular weight is 176 g/mol. The minimum absolute atomic E-state index is 0.109. The second kappa shape index (κ2) is 3.51. The molecule has 0 heterocycles. The predicted molar refractivity (Wildman–Crippen MR) is 53.8 cm³/mol. The van der Waals surface area contributed by atoms with Gasteiger partial charge in [0.25, 0.3) is 0 Å². The lowest BCUT2D eigenvalue weighted by Gasteiger charge is -2.14. The molecule has 1 aromatic rings. The normalized spacial score (nSPS) is 27.8. The third-order valence-electron chi connectivity index (χ3n) is 2.98. The number of aliphatic hydroxyl groups excluding tert-OH is 1. The number of hydrogen-bond acceptors (Lipinski definition) is 1. The van der Waals surface area contributed by atoms with Gasteiger partial charge in [0.2, 0.25) is 0 Å². The number of aryl methyl sites for hydroxylation is 1. The van der Waals surface area contributed by atoms with Crippen molar-refractivity contribution in [1.29, 1.82) is 0 Å². The second-order valence-corrected chi connectivity index (χ2v) is 4.02. The lowest BCUT2D eigenvalue weighted by molar-refractivity contribution is 0.164. The van der Waals surface area contributed by atoms with Crippen molar-refractivity contribution < 1.29 is 5.11 Å². The molecule has 1 aromatic carbocycles. The van der Waals surface area contributed by atoms with E-state index in [-0.39, 0.29) is 6.10 Å². The first-order valence-electron chi connectivity index (χ1n) is 5.02. The maximum absolute atomic E-state index is 9.71. The Hall–Kier alpha value is -0.820. The van der Waals surface area contributed by atoms with Gasteiger partial charge in [-0.25, -0.2) is 0 Å². The van der Waals surface area contributed by atoms with Crippen LogP contribution in [0.4, 0.5) is 0 Å². The molecule has 0 amide bonds. The van der Waals surface area contributed by atoms with Crippen molar-refractivity contribution in [3.8, 4) is 0 Å². The number of aliphatic hydroxyl groups is 1. The van der Waals surface area contributed by atoms with Gasteiger partial charge in [-0.1, -0.05) is 36.2 Å². The monoisotopic (exact) mass is 176 g/mol. The van der Waals surface area contributed by atoms with Crippen molar-refractivity contribution in [2.45, 2.75) is 38.2 Å². The van der Waals surface area contributed by atoms with Gasteiger partial charge < -0.3 is 5.11 Å². The molecule has 70 valence electrons. The van der Waals surface area contributed by atoms with E-state index in [1.165, 1.54) is 17.5 Å². The Morgan fingerprint density at radius 2 is 1.85 bits per heavy atom. The minimum Gasteiger partial charge on any atom is -0.392 e. The highest BCUT2D eigenvalue weighted by atomic mass is 16.3. The smallest absolute Gasteiger partial charge is 0.0608 e. The first-order valence-corrected chi connectivity index (χ1v) is 5.02. The van der Waals surface area contributed by atoms with Crippen LogP contribution in [0.1, 0.15) is 36.3 Å². The summed E-state index contributed by atoms with van der Waals surface area (Å²) in [5.74, 6) is 0.389. The topological polar surface area (TPSA) is 20.2 Å². The Labute approximate surface area is 79.4 Å². The van der Waals surface area contributed by atoms with Gasteiger partial charge in [0.1, 0.15) is 0 Å². The molecule has 1 aliphatic rings. The zero-order valence-electron chi connectivity index (χ0n) is 8.03. The fourth-order valence-electron chi connectivity index (χ4n) is 2.14. The highest BCUT2D eigenvalue weighted by molar-refractivity contribution is 5.26. The van der Waals surface area contributed by atoms with Crippen LogP contribution in [0.3, 0.4) is 0 Å². The van der Waals surface area contributed by atoms with Crippen LogP contribution in [0.2, 0.25) is 0 Å². The molecule has 1 saturated carbocycles. The molecule has 0 aliphatic heterocycles. The Kier molecular flexibility index (Phi) is 2.36. The Bertz CT molecular complexity index is 276. The summed E-state index contributed by atoms with van der Waals surface area (Å²) in [5, 5.41) is 9.71. The fraction of sp³-hybridized carbons (Fsp3) is 0.500. The molecule has 0 radical (unpaired) electrons. The second-order valence-electron chi connectivity index (χ2n) is 4.02. The van der Waals surface area contributed by atoms with Gasteiger partial charge in [-0.3, -0.25) is 0 Å². The molecular formula is C12H16O. The molecule has 0 bridgehead atoms. The van der Waals surface area contributed by atoms with Gasteiger partial charge in [-0.2, -0.15) is 0 Å². The third-order valence-corrected chi connectivity index (χ3v) is 2.98. The van der Waals surface area contributed by atoms with Crippen LogP contribution < -0.4 is 0 Å². The van der Waals surface area contributed by atoms with Crippen LogP contribution in [0.5, 0.6) is 0 Å². The molecule has 2 rings (SSSR count). The Morgan fingerprint density at radius 1 is 1.15 bits per heavy atom. The van der Waals surface area contributed by atoms with Crippen molar-refractivity contribution in [3.63, 3.8) is 0 Å². The van der Waals surface area contributed by atoms with E-state index < -0.39 is 0 Å². The number of benzene rings is 1. The van der Waals surface area contributed by atoms with Gasteiger partial charge in [-0.15, -0.1) is 0 Å². The first-order chi connectivity index (χ1) is 6.27. The Balaban J connectivity index is 2.20.